The standard InChI is InChI=1S/C40H37F3N8O2/c1-4-25-9-5-10-26-11-6-13-29(33(25)26)35-34(43)36-30(21-44-35)37(47-39(46-36)53-23-40-15-8-17-50(40)22-27(41)20-40)49(3)32-14-18-51(24(32)2)38(52)31(42)19-28-12-7-16-45-48-28/h1,5-7,9-13,16,19,21,24,27,32H,8,14-15,17-18,20,22-23H2,2-3H3/b31-19-/t24-,27-,32-,40+/m1/s1. The van der Waals surface area contributed by atoms with Crippen molar-refractivity contribution in [3.05, 3.63) is 83.8 Å². The number of likely N-dealkylation sites (tertiary alicyclic amines) is 1. The molecule has 3 aliphatic rings. The van der Waals surface area contributed by atoms with Crippen molar-refractivity contribution < 1.29 is 22.7 Å². The molecule has 0 saturated carbocycles. The summed E-state index contributed by atoms with van der Waals surface area (Å²) in [5.41, 5.74) is 0.922. The Morgan fingerprint density at radius 3 is 2.79 bits per heavy atom. The lowest BCUT2D eigenvalue weighted by molar-refractivity contribution is -0.129. The Hall–Kier alpha value is -5.61. The van der Waals surface area contributed by atoms with Gasteiger partial charge in [0.15, 0.2) is 11.6 Å². The highest BCUT2D eigenvalue weighted by atomic mass is 19.1. The number of benzene rings is 2. The summed E-state index contributed by atoms with van der Waals surface area (Å²) >= 11 is 0. The molecule has 13 heteroatoms. The van der Waals surface area contributed by atoms with Crippen LogP contribution in [0.5, 0.6) is 6.01 Å². The molecule has 0 unspecified atom stereocenters. The number of aromatic nitrogens is 5. The average molecular weight is 719 g/mol. The second-order valence-electron chi connectivity index (χ2n) is 14.1. The molecule has 4 atom stereocenters. The number of terminal acetylenes is 1. The number of halogens is 3. The van der Waals surface area contributed by atoms with E-state index in [1.165, 1.54) is 17.3 Å². The van der Waals surface area contributed by atoms with Crippen molar-refractivity contribution in [1.82, 2.24) is 34.9 Å². The highest BCUT2D eigenvalue weighted by molar-refractivity contribution is 6.02. The Balaban J connectivity index is 1.18. The molecule has 3 aliphatic heterocycles. The van der Waals surface area contributed by atoms with Gasteiger partial charge in [0, 0.05) is 67.6 Å². The van der Waals surface area contributed by atoms with Crippen LogP contribution in [0.25, 0.3) is 39.0 Å². The molecule has 53 heavy (non-hydrogen) atoms. The summed E-state index contributed by atoms with van der Waals surface area (Å²) in [6.45, 7) is 3.41. The van der Waals surface area contributed by atoms with Crippen LogP contribution in [0.3, 0.4) is 0 Å². The molecular formula is C40H37F3N8O2. The SMILES string of the molecule is C#Cc1cccc2cccc(-c3ncc4c(N(C)[C@@H]5CCN(C(=O)/C(F)=C/c6cccnn6)[C@@H]5C)nc(OC[C@@]56CCCN5C[C@H](F)C6)nc4c3F)c12. The van der Waals surface area contributed by atoms with Crippen molar-refractivity contribution in [2.45, 2.75) is 56.4 Å². The summed E-state index contributed by atoms with van der Waals surface area (Å²) in [4.78, 5) is 32.7. The average Bonchev–Trinajstić information content (AvgIpc) is 3.84. The number of carbonyl (C=O) groups is 1. The largest absolute Gasteiger partial charge is 0.461 e. The van der Waals surface area contributed by atoms with Crippen LogP contribution in [0, 0.1) is 18.2 Å². The topological polar surface area (TPSA) is 100 Å². The van der Waals surface area contributed by atoms with E-state index in [0.29, 0.717) is 47.1 Å². The molecule has 0 aliphatic carbocycles. The van der Waals surface area contributed by atoms with Gasteiger partial charge in [-0.3, -0.25) is 14.7 Å². The van der Waals surface area contributed by atoms with Crippen LogP contribution >= 0.6 is 0 Å². The van der Waals surface area contributed by atoms with E-state index in [0.717, 1.165) is 30.8 Å². The Labute approximate surface area is 304 Å². The maximum absolute atomic E-state index is 17.0. The van der Waals surface area contributed by atoms with Crippen molar-refractivity contribution in [3.63, 3.8) is 0 Å². The second kappa shape index (κ2) is 13.7. The molecule has 0 bridgehead atoms. The quantitative estimate of drug-likeness (QED) is 0.138. The van der Waals surface area contributed by atoms with E-state index in [1.807, 2.05) is 36.1 Å². The summed E-state index contributed by atoms with van der Waals surface area (Å²) in [5, 5.41) is 9.45. The third-order valence-corrected chi connectivity index (χ3v) is 11.1. The number of carbonyl (C=O) groups excluding carboxylic acids is 1. The molecule has 3 saturated heterocycles. The number of amides is 1. The number of hydrogen-bond acceptors (Lipinski definition) is 9. The van der Waals surface area contributed by atoms with E-state index in [9.17, 15) is 9.18 Å². The minimum Gasteiger partial charge on any atom is -0.461 e. The Morgan fingerprint density at radius 1 is 1.17 bits per heavy atom. The van der Waals surface area contributed by atoms with Crippen LogP contribution in [0.2, 0.25) is 0 Å². The van der Waals surface area contributed by atoms with Crippen LogP contribution in [-0.2, 0) is 4.79 Å². The van der Waals surface area contributed by atoms with Gasteiger partial charge in [-0.05, 0) is 56.3 Å². The van der Waals surface area contributed by atoms with Gasteiger partial charge in [-0.25, -0.2) is 13.2 Å². The molecule has 10 nitrogen and oxygen atoms in total. The third kappa shape index (κ3) is 6.10. The smallest absolute Gasteiger partial charge is 0.319 e. The molecular weight excluding hydrogens is 681 g/mol. The fraction of sp³-hybridized carbons (Fsp3) is 0.350. The molecule has 0 radical (unpaired) electrons. The molecule has 2 aromatic carbocycles. The lowest BCUT2D eigenvalue weighted by Gasteiger charge is -2.33. The van der Waals surface area contributed by atoms with Gasteiger partial charge in [0.1, 0.15) is 29.8 Å². The zero-order valence-electron chi connectivity index (χ0n) is 29.3. The van der Waals surface area contributed by atoms with Crippen LogP contribution in [0.1, 0.15) is 43.9 Å². The van der Waals surface area contributed by atoms with Crippen molar-refractivity contribution in [2.24, 2.45) is 0 Å². The van der Waals surface area contributed by atoms with Gasteiger partial charge in [0.05, 0.1) is 22.7 Å². The van der Waals surface area contributed by atoms with Crippen molar-refractivity contribution in [1.29, 1.82) is 0 Å². The first-order chi connectivity index (χ1) is 25.7. The summed E-state index contributed by atoms with van der Waals surface area (Å²) in [5.74, 6) is 0.644. The summed E-state index contributed by atoms with van der Waals surface area (Å²) in [6, 6.07) is 13.4. The molecule has 0 N–H and O–H groups in total. The monoisotopic (exact) mass is 718 g/mol. The van der Waals surface area contributed by atoms with Crippen LogP contribution in [-0.4, -0.2) is 97.9 Å². The van der Waals surface area contributed by atoms with Crippen molar-refractivity contribution >= 4 is 39.5 Å². The maximum Gasteiger partial charge on any atom is 0.319 e. The van der Waals surface area contributed by atoms with E-state index in [-0.39, 0.29) is 42.1 Å². The number of rotatable bonds is 8. The molecule has 8 rings (SSSR count). The Kier molecular flexibility index (Phi) is 8.94. The molecule has 0 spiro atoms. The number of likely N-dealkylation sites (N-methyl/N-ethyl adjacent to an activating group) is 1. The van der Waals surface area contributed by atoms with Crippen LogP contribution < -0.4 is 9.64 Å². The number of alkyl halides is 1. The van der Waals surface area contributed by atoms with E-state index in [2.05, 4.69) is 31.0 Å². The fourth-order valence-electron chi connectivity index (χ4n) is 8.45. The lowest BCUT2D eigenvalue weighted by Crippen LogP contribution is -2.44. The van der Waals surface area contributed by atoms with Gasteiger partial charge in [-0.15, -0.1) is 6.42 Å². The normalized spacial score (nSPS) is 23.1. The highest BCUT2D eigenvalue weighted by Crippen LogP contribution is 2.41. The summed E-state index contributed by atoms with van der Waals surface area (Å²) in [6.07, 6.45) is 11.5. The Bertz CT molecular complexity index is 2290. The van der Waals surface area contributed by atoms with Gasteiger partial charge < -0.3 is 14.5 Å². The van der Waals surface area contributed by atoms with Crippen LogP contribution in [0.4, 0.5) is 19.0 Å². The highest BCUT2D eigenvalue weighted by Gasteiger charge is 2.49. The number of fused-ring (bicyclic) bond motifs is 3. The first-order valence-electron chi connectivity index (χ1n) is 17.7. The van der Waals surface area contributed by atoms with Crippen LogP contribution in [0.15, 0.2) is 66.8 Å². The van der Waals surface area contributed by atoms with Gasteiger partial charge in [-0.1, -0.05) is 36.3 Å². The molecule has 1 amide bonds. The second-order valence-corrected chi connectivity index (χ2v) is 14.1. The lowest BCUT2D eigenvalue weighted by atomic mass is 9.95. The van der Waals surface area contributed by atoms with E-state index >= 15 is 8.78 Å². The minimum atomic E-state index is -0.952. The maximum atomic E-state index is 17.0. The number of anilines is 1. The first-order valence-corrected chi connectivity index (χ1v) is 17.7. The van der Waals surface area contributed by atoms with Crippen molar-refractivity contribution in [2.75, 3.05) is 38.2 Å². The molecule has 3 fully saturated rings. The van der Waals surface area contributed by atoms with E-state index in [1.54, 1.807) is 31.3 Å². The molecule has 3 aromatic heterocycles. The van der Waals surface area contributed by atoms with Gasteiger partial charge in [0.2, 0.25) is 0 Å². The summed E-state index contributed by atoms with van der Waals surface area (Å²) < 4.78 is 53.1. The molecule has 6 heterocycles. The van der Waals surface area contributed by atoms with Gasteiger partial charge in [0.25, 0.3) is 5.91 Å². The zero-order valence-corrected chi connectivity index (χ0v) is 29.3. The predicted molar refractivity (Wildman–Crippen MR) is 196 cm³/mol. The number of pyridine rings is 1. The number of nitrogens with zero attached hydrogens (tertiary/aromatic N) is 8. The van der Waals surface area contributed by atoms with Crippen molar-refractivity contribution in [3.8, 4) is 29.6 Å². The first kappa shape index (κ1) is 34.5. The van der Waals surface area contributed by atoms with Gasteiger partial charge >= 0.3 is 6.01 Å². The number of ether oxygens (including phenoxy) is 1. The van der Waals surface area contributed by atoms with E-state index in [4.69, 9.17) is 16.1 Å². The van der Waals surface area contributed by atoms with Gasteiger partial charge in [-0.2, -0.15) is 20.2 Å². The molecule has 5 aromatic rings. The van der Waals surface area contributed by atoms with E-state index < -0.39 is 35.3 Å². The zero-order chi connectivity index (χ0) is 36.9. The Morgan fingerprint density at radius 2 is 2.00 bits per heavy atom. The summed E-state index contributed by atoms with van der Waals surface area (Å²) in [7, 11) is 1.80. The fourth-order valence-corrected chi connectivity index (χ4v) is 8.45. The minimum absolute atomic E-state index is 0.0101. The number of hydrogen-bond donors (Lipinski definition) is 0. The third-order valence-electron chi connectivity index (χ3n) is 11.1. The molecule has 270 valence electrons. The predicted octanol–water partition coefficient (Wildman–Crippen LogP) is 6.15.